The van der Waals surface area contributed by atoms with E-state index in [0.717, 1.165) is 10.6 Å². The van der Waals surface area contributed by atoms with Crippen LogP contribution in [-0.2, 0) is 9.59 Å². The smallest absolute Gasteiger partial charge is 0.223 e. The van der Waals surface area contributed by atoms with Gasteiger partial charge in [-0.25, -0.2) is 0 Å². The minimum absolute atomic E-state index is 0.00904. The summed E-state index contributed by atoms with van der Waals surface area (Å²) in [6.45, 7) is 6.14. The topological polar surface area (TPSA) is 74.8 Å². The number of hydrogen-bond acceptors (Lipinski definition) is 6. The van der Waals surface area contributed by atoms with E-state index < -0.39 is 0 Å². The third-order valence-corrected chi connectivity index (χ3v) is 6.58. The van der Waals surface area contributed by atoms with Crippen LogP contribution in [0.15, 0.2) is 36.4 Å². The molecule has 0 bridgehead atoms. The van der Waals surface area contributed by atoms with Crippen molar-refractivity contribution in [1.29, 1.82) is 0 Å². The number of ketones is 3. The number of aryl methyl sites for hydroxylation is 1. The SMILES string of the molecule is CC(=O)c1ccc(N2CCN(C(=O)CCC(=O)CCC(=O)c3ccc(C)s3)CC2)cc1. The fourth-order valence-electron chi connectivity index (χ4n) is 3.61. The average molecular weight is 441 g/mol. The standard InChI is InChI=1S/C24H28N2O4S/c1-17-3-11-23(31-17)22(29)10-8-21(28)9-12-24(30)26-15-13-25(14-16-26)20-6-4-19(5-7-20)18(2)27/h3-7,11H,8-10,12-16H2,1-2H3. The van der Waals surface area contributed by atoms with Crippen LogP contribution in [0.25, 0.3) is 0 Å². The second-order valence-electron chi connectivity index (χ2n) is 7.84. The zero-order chi connectivity index (χ0) is 22.4. The summed E-state index contributed by atoms with van der Waals surface area (Å²) in [6.07, 6.45) is 0.766. The van der Waals surface area contributed by atoms with E-state index >= 15 is 0 Å². The van der Waals surface area contributed by atoms with Gasteiger partial charge in [-0.3, -0.25) is 19.2 Å². The Hall–Kier alpha value is -2.80. The van der Waals surface area contributed by atoms with E-state index in [1.165, 1.54) is 11.3 Å². The highest BCUT2D eigenvalue weighted by Crippen LogP contribution is 2.19. The highest BCUT2D eigenvalue weighted by atomic mass is 32.1. The lowest BCUT2D eigenvalue weighted by Gasteiger charge is -2.36. The van der Waals surface area contributed by atoms with Crippen LogP contribution in [0, 0.1) is 6.92 Å². The zero-order valence-electron chi connectivity index (χ0n) is 18.1. The molecule has 0 unspecified atom stereocenters. The quantitative estimate of drug-likeness (QED) is 0.553. The van der Waals surface area contributed by atoms with Gasteiger partial charge in [-0.05, 0) is 50.2 Å². The van der Waals surface area contributed by atoms with Gasteiger partial charge < -0.3 is 9.80 Å². The van der Waals surface area contributed by atoms with Crippen molar-refractivity contribution in [3.63, 3.8) is 0 Å². The van der Waals surface area contributed by atoms with Crippen molar-refractivity contribution in [2.45, 2.75) is 39.5 Å². The number of anilines is 1. The highest BCUT2D eigenvalue weighted by molar-refractivity contribution is 7.14. The van der Waals surface area contributed by atoms with Crippen LogP contribution in [0.5, 0.6) is 0 Å². The van der Waals surface area contributed by atoms with Gasteiger partial charge in [0.05, 0.1) is 4.88 Å². The summed E-state index contributed by atoms with van der Waals surface area (Å²) in [5.74, 6) is -0.0213. The number of hydrogen-bond donors (Lipinski definition) is 0. The molecule has 2 heterocycles. The maximum absolute atomic E-state index is 12.5. The van der Waals surface area contributed by atoms with E-state index in [4.69, 9.17) is 0 Å². The Balaban J connectivity index is 1.38. The van der Waals surface area contributed by atoms with Crippen molar-refractivity contribution in [2.75, 3.05) is 31.1 Å². The van der Waals surface area contributed by atoms with Crippen molar-refractivity contribution >= 4 is 40.3 Å². The van der Waals surface area contributed by atoms with E-state index in [1.54, 1.807) is 17.9 Å². The summed E-state index contributed by atoms with van der Waals surface area (Å²) in [4.78, 5) is 53.9. The van der Waals surface area contributed by atoms with Crippen LogP contribution in [0.4, 0.5) is 5.69 Å². The third kappa shape index (κ3) is 6.34. The number of nitrogens with zero attached hydrogens (tertiary/aromatic N) is 2. The zero-order valence-corrected chi connectivity index (χ0v) is 18.9. The number of benzene rings is 1. The van der Waals surface area contributed by atoms with Crippen LogP contribution in [-0.4, -0.2) is 54.3 Å². The summed E-state index contributed by atoms with van der Waals surface area (Å²) >= 11 is 1.44. The first-order valence-corrected chi connectivity index (χ1v) is 11.4. The van der Waals surface area contributed by atoms with Crippen molar-refractivity contribution in [3.05, 3.63) is 51.7 Å². The van der Waals surface area contributed by atoms with Gasteiger partial charge in [-0.15, -0.1) is 11.3 Å². The van der Waals surface area contributed by atoms with Crippen molar-refractivity contribution in [1.82, 2.24) is 4.90 Å². The molecule has 3 rings (SSSR count). The molecule has 1 aliphatic heterocycles. The number of Topliss-reactive ketones (excluding diaryl/α,β-unsaturated/α-hetero) is 3. The third-order valence-electron chi connectivity index (χ3n) is 5.54. The van der Waals surface area contributed by atoms with E-state index in [-0.39, 0.29) is 48.9 Å². The number of thiophene rings is 1. The first-order valence-electron chi connectivity index (χ1n) is 10.6. The number of carbonyl (C=O) groups excluding carboxylic acids is 4. The molecule has 0 N–H and O–H groups in total. The molecule has 164 valence electrons. The Morgan fingerprint density at radius 1 is 0.839 bits per heavy atom. The number of piperazine rings is 1. The molecule has 0 atom stereocenters. The van der Waals surface area contributed by atoms with E-state index in [1.807, 2.05) is 37.3 Å². The minimum atomic E-state index is -0.0424. The molecule has 1 fully saturated rings. The normalized spacial score (nSPS) is 13.9. The predicted octanol–water partition coefficient (Wildman–Crippen LogP) is 3.92. The molecule has 1 aliphatic rings. The molecule has 1 amide bonds. The molecule has 0 aliphatic carbocycles. The average Bonchev–Trinajstić information content (AvgIpc) is 3.22. The summed E-state index contributed by atoms with van der Waals surface area (Å²) < 4.78 is 0. The molecule has 0 saturated carbocycles. The molecule has 7 heteroatoms. The van der Waals surface area contributed by atoms with Gasteiger partial charge in [0.2, 0.25) is 5.91 Å². The monoisotopic (exact) mass is 440 g/mol. The van der Waals surface area contributed by atoms with Crippen LogP contribution in [0.1, 0.15) is 57.5 Å². The first kappa shape index (κ1) is 22.9. The summed E-state index contributed by atoms with van der Waals surface area (Å²) in [7, 11) is 0. The second-order valence-corrected chi connectivity index (χ2v) is 9.13. The molecule has 0 radical (unpaired) electrons. The highest BCUT2D eigenvalue weighted by Gasteiger charge is 2.22. The van der Waals surface area contributed by atoms with Gasteiger partial charge in [-0.2, -0.15) is 0 Å². The largest absolute Gasteiger partial charge is 0.368 e. The Morgan fingerprint density at radius 2 is 1.48 bits per heavy atom. The molecule has 6 nitrogen and oxygen atoms in total. The molecule has 31 heavy (non-hydrogen) atoms. The van der Waals surface area contributed by atoms with Crippen LogP contribution in [0.2, 0.25) is 0 Å². The second kappa shape index (κ2) is 10.5. The number of carbonyl (C=O) groups is 4. The van der Waals surface area contributed by atoms with Gasteiger partial charge in [-0.1, -0.05) is 0 Å². The Kier molecular flexibility index (Phi) is 7.74. The Bertz CT molecular complexity index is 956. The molecular formula is C24H28N2O4S. The van der Waals surface area contributed by atoms with Gasteiger partial charge >= 0.3 is 0 Å². The van der Waals surface area contributed by atoms with Crippen LogP contribution < -0.4 is 4.90 Å². The van der Waals surface area contributed by atoms with Crippen LogP contribution in [0.3, 0.4) is 0 Å². The fraction of sp³-hybridized carbons (Fsp3) is 0.417. The van der Waals surface area contributed by atoms with Gasteiger partial charge in [0.25, 0.3) is 0 Å². The summed E-state index contributed by atoms with van der Waals surface area (Å²) in [6, 6.07) is 11.2. The van der Waals surface area contributed by atoms with Gasteiger partial charge in [0, 0.05) is 68.0 Å². The number of rotatable bonds is 9. The van der Waals surface area contributed by atoms with Crippen molar-refractivity contribution in [2.24, 2.45) is 0 Å². The lowest BCUT2D eigenvalue weighted by atomic mass is 10.1. The van der Waals surface area contributed by atoms with Gasteiger partial charge in [0.15, 0.2) is 11.6 Å². The maximum Gasteiger partial charge on any atom is 0.223 e. The lowest BCUT2D eigenvalue weighted by Crippen LogP contribution is -2.48. The minimum Gasteiger partial charge on any atom is -0.368 e. The molecule has 0 spiro atoms. The van der Waals surface area contributed by atoms with E-state index in [2.05, 4.69) is 4.90 Å². The molecule has 1 saturated heterocycles. The van der Waals surface area contributed by atoms with E-state index in [0.29, 0.717) is 36.6 Å². The van der Waals surface area contributed by atoms with Crippen LogP contribution >= 0.6 is 11.3 Å². The molecule has 2 aromatic rings. The maximum atomic E-state index is 12.5. The number of amides is 1. The Labute approximate surface area is 186 Å². The summed E-state index contributed by atoms with van der Waals surface area (Å²) in [5, 5.41) is 0. The lowest BCUT2D eigenvalue weighted by molar-refractivity contribution is -0.133. The predicted molar refractivity (Wildman–Crippen MR) is 122 cm³/mol. The van der Waals surface area contributed by atoms with E-state index in [9.17, 15) is 19.2 Å². The van der Waals surface area contributed by atoms with Crippen molar-refractivity contribution in [3.8, 4) is 0 Å². The molecular weight excluding hydrogens is 412 g/mol. The van der Waals surface area contributed by atoms with Crippen molar-refractivity contribution < 1.29 is 19.2 Å². The Morgan fingerprint density at radius 3 is 2.06 bits per heavy atom. The molecule has 1 aromatic carbocycles. The molecule has 1 aromatic heterocycles. The fourth-order valence-corrected chi connectivity index (χ4v) is 4.45. The summed E-state index contributed by atoms with van der Waals surface area (Å²) in [5.41, 5.74) is 1.73. The van der Waals surface area contributed by atoms with Gasteiger partial charge in [0.1, 0.15) is 5.78 Å². The first-order chi connectivity index (χ1) is 14.8.